The Bertz CT molecular complexity index is 669. The van der Waals surface area contributed by atoms with Crippen LogP contribution >= 0.6 is 0 Å². The van der Waals surface area contributed by atoms with Crippen LogP contribution in [0.2, 0.25) is 0 Å². The van der Waals surface area contributed by atoms with Gasteiger partial charge in [-0.05, 0) is 24.1 Å². The van der Waals surface area contributed by atoms with Crippen molar-refractivity contribution in [3.05, 3.63) is 65.7 Å². The molecule has 2 rings (SSSR count). The summed E-state index contributed by atoms with van der Waals surface area (Å²) in [4.78, 5) is 23.1. The van der Waals surface area contributed by atoms with E-state index in [1.807, 2.05) is 35.6 Å². The van der Waals surface area contributed by atoms with Crippen LogP contribution in [0.3, 0.4) is 0 Å². The second-order valence-electron chi connectivity index (χ2n) is 4.79. The van der Waals surface area contributed by atoms with Crippen molar-refractivity contribution in [3.8, 4) is 0 Å². The molecule has 0 unspecified atom stereocenters. The van der Waals surface area contributed by atoms with Gasteiger partial charge < -0.3 is 10.1 Å². The molecule has 2 aromatic carbocycles. The van der Waals surface area contributed by atoms with Crippen molar-refractivity contribution in [2.45, 2.75) is 12.8 Å². The summed E-state index contributed by atoms with van der Waals surface area (Å²) in [6.07, 6.45) is 0.606. The number of rotatable bonds is 6. The smallest absolute Gasteiger partial charge is 0.306 e. The van der Waals surface area contributed by atoms with Crippen molar-refractivity contribution >= 4 is 17.6 Å². The molecule has 2 aromatic rings. The first-order valence-corrected chi connectivity index (χ1v) is 6.99. The van der Waals surface area contributed by atoms with Gasteiger partial charge in [-0.3, -0.25) is 9.59 Å². The predicted molar refractivity (Wildman–Crippen MR) is 80.7 cm³/mol. The number of benzene rings is 2. The van der Waals surface area contributed by atoms with Gasteiger partial charge in [-0.25, -0.2) is 8.78 Å². The lowest BCUT2D eigenvalue weighted by atomic mass is 10.1. The zero-order valence-corrected chi connectivity index (χ0v) is 12.2. The Balaban J connectivity index is 1.77. The molecule has 0 aliphatic carbocycles. The highest BCUT2D eigenvalue weighted by Gasteiger charge is 2.13. The Labute approximate surface area is 132 Å². The quantitative estimate of drug-likeness (QED) is 0.833. The maximum absolute atomic E-state index is 13.4. The number of aryl methyl sites for hydroxylation is 1. The third-order valence-electron chi connectivity index (χ3n) is 3.05. The predicted octanol–water partition coefficient (Wildman–Crippen LogP) is 3.08. The molecule has 0 aliphatic heterocycles. The van der Waals surface area contributed by atoms with Gasteiger partial charge in [0.2, 0.25) is 0 Å². The Morgan fingerprint density at radius 2 is 1.61 bits per heavy atom. The Morgan fingerprint density at radius 1 is 0.957 bits per heavy atom. The normalized spacial score (nSPS) is 10.2. The maximum Gasteiger partial charge on any atom is 0.306 e. The van der Waals surface area contributed by atoms with Crippen LogP contribution < -0.4 is 5.32 Å². The average molecular weight is 319 g/mol. The van der Waals surface area contributed by atoms with Gasteiger partial charge in [-0.1, -0.05) is 36.4 Å². The fraction of sp³-hybridized carbons (Fsp3) is 0.176. The molecular weight excluding hydrogens is 304 g/mol. The van der Waals surface area contributed by atoms with Gasteiger partial charge in [-0.15, -0.1) is 0 Å². The summed E-state index contributed by atoms with van der Waals surface area (Å²) in [7, 11) is 0. The van der Waals surface area contributed by atoms with Gasteiger partial charge in [0.15, 0.2) is 6.61 Å². The number of carbonyl (C=O) groups is 2. The molecule has 0 aromatic heterocycles. The maximum atomic E-state index is 13.4. The lowest BCUT2D eigenvalue weighted by Crippen LogP contribution is -2.22. The summed E-state index contributed by atoms with van der Waals surface area (Å²) in [5, 5.41) is 2.04. The molecular formula is C17H15F2NO3. The van der Waals surface area contributed by atoms with E-state index < -0.39 is 35.8 Å². The van der Waals surface area contributed by atoms with Gasteiger partial charge in [0.05, 0.1) is 0 Å². The molecule has 1 N–H and O–H groups in total. The minimum atomic E-state index is -0.895. The van der Waals surface area contributed by atoms with Crippen molar-refractivity contribution in [1.29, 1.82) is 0 Å². The highest BCUT2D eigenvalue weighted by Crippen LogP contribution is 2.17. The molecule has 0 saturated carbocycles. The molecule has 0 saturated heterocycles. The van der Waals surface area contributed by atoms with E-state index in [2.05, 4.69) is 0 Å². The van der Waals surface area contributed by atoms with E-state index in [0.717, 1.165) is 17.7 Å². The van der Waals surface area contributed by atoms with Crippen LogP contribution in [0.1, 0.15) is 12.0 Å². The molecule has 0 spiro atoms. The van der Waals surface area contributed by atoms with Gasteiger partial charge in [0.25, 0.3) is 5.91 Å². The molecule has 4 nitrogen and oxygen atoms in total. The molecule has 23 heavy (non-hydrogen) atoms. The number of halogens is 2. The summed E-state index contributed by atoms with van der Waals surface area (Å²) in [6, 6.07) is 12.6. The van der Waals surface area contributed by atoms with Crippen LogP contribution in [0.4, 0.5) is 14.5 Å². The van der Waals surface area contributed by atoms with E-state index in [9.17, 15) is 18.4 Å². The van der Waals surface area contributed by atoms with E-state index in [0.29, 0.717) is 6.42 Å². The SMILES string of the molecule is O=C(COC(=O)CCc1ccccc1)Nc1c(F)cccc1F. The molecule has 0 heterocycles. The molecule has 0 fully saturated rings. The van der Waals surface area contributed by atoms with Crippen molar-refractivity contribution < 1.29 is 23.1 Å². The molecule has 0 bridgehead atoms. The van der Waals surface area contributed by atoms with Crippen LogP contribution in [-0.4, -0.2) is 18.5 Å². The number of para-hydroxylation sites is 1. The van der Waals surface area contributed by atoms with E-state index in [4.69, 9.17) is 4.74 Å². The van der Waals surface area contributed by atoms with E-state index >= 15 is 0 Å². The Morgan fingerprint density at radius 3 is 2.26 bits per heavy atom. The molecule has 6 heteroatoms. The van der Waals surface area contributed by atoms with Crippen molar-refractivity contribution in [1.82, 2.24) is 0 Å². The third kappa shape index (κ3) is 5.18. The van der Waals surface area contributed by atoms with Gasteiger partial charge in [0.1, 0.15) is 17.3 Å². The molecule has 0 aliphatic rings. The summed E-state index contributed by atoms with van der Waals surface area (Å²) in [5.74, 6) is -3.15. The zero-order valence-electron chi connectivity index (χ0n) is 12.2. The fourth-order valence-corrected chi connectivity index (χ4v) is 1.90. The lowest BCUT2D eigenvalue weighted by molar-refractivity contribution is -0.147. The number of anilines is 1. The third-order valence-corrected chi connectivity index (χ3v) is 3.05. The minimum absolute atomic E-state index is 0.116. The molecule has 0 radical (unpaired) electrons. The molecule has 0 atom stereocenters. The summed E-state index contributed by atoms with van der Waals surface area (Å²) < 4.78 is 31.5. The molecule has 1 amide bonds. The number of amides is 1. The van der Waals surface area contributed by atoms with Crippen molar-refractivity contribution in [3.63, 3.8) is 0 Å². The topological polar surface area (TPSA) is 55.4 Å². The first-order valence-electron chi connectivity index (χ1n) is 6.99. The second kappa shape index (κ2) is 8.03. The fourth-order valence-electron chi connectivity index (χ4n) is 1.90. The first-order chi connectivity index (χ1) is 11.1. The van der Waals surface area contributed by atoms with E-state index in [1.54, 1.807) is 0 Å². The largest absolute Gasteiger partial charge is 0.456 e. The molecule has 120 valence electrons. The van der Waals surface area contributed by atoms with Crippen LogP contribution in [0.5, 0.6) is 0 Å². The number of hydrogen-bond donors (Lipinski definition) is 1. The van der Waals surface area contributed by atoms with Crippen molar-refractivity contribution in [2.24, 2.45) is 0 Å². The number of nitrogens with one attached hydrogen (secondary N) is 1. The average Bonchev–Trinajstić information content (AvgIpc) is 2.55. The highest BCUT2D eigenvalue weighted by atomic mass is 19.1. The number of hydrogen-bond acceptors (Lipinski definition) is 3. The number of carbonyl (C=O) groups excluding carboxylic acids is 2. The minimum Gasteiger partial charge on any atom is -0.456 e. The first kappa shape index (κ1) is 16.6. The number of esters is 1. The van der Waals surface area contributed by atoms with E-state index in [1.165, 1.54) is 6.07 Å². The van der Waals surface area contributed by atoms with Crippen LogP contribution in [-0.2, 0) is 20.7 Å². The van der Waals surface area contributed by atoms with Gasteiger partial charge in [-0.2, -0.15) is 0 Å². The highest BCUT2D eigenvalue weighted by molar-refractivity contribution is 5.93. The monoisotopic (exact) mass is 319 g/mol. The van der Waals surface area contributed by atoms with E-state index in [-0.39, 0.29) is 6.42 Å². The van der Waals surface area contributed by atoms with Crippen LogP contribution in [0, 0.1) is 11.6 Å². The zero-order chi connectivity index (χ0) is 16.7. The number of ether oxygens (including phenoxy) is 1. The van der Waals surface area contributed by atoms with Crippen LogP contribution in [0.15, 0.2) is 48.5 Å². The van der Waals surface area contributed by atoms with Gasteiger partial charge >= 0.3 is 5.97 Å². The van der Waals surface area contributed by atoms with Crippen LogP contribution in [0.25, 0.3) is 0 Å². The lowest BCUT2D eigenvalue weighted by Gasteiger charge is -2.08. The standard InChI is InChI=1S/C17H15F2NO3/c18-13-7-4-8-14(19)17(13)20-15(21)11-23-16(22)10-9-12-5-2-1-3-6-12/h1-8H,9-11H2,(H,20,21). The summed E-state index contributed by atoms with van der Waals surface area (Å²) in [5.41, 5.74) is 0.417. The summed E-state index contributed by atoms with van der Waals surface area (Å²) in [6.45, 7) is -0.596. The van der Waals surface area contributed by atoms with Gasteiger partial charge in [0, 0.05) is 6.42 Å². The second-order valence-corrected chi connectivity index (χ2v) is 4.79. The Kier molecular flexibility index (Phi) is 5.80. The summed E-state index contributed by atoms with van der Waals surface area (Å²) >= 11 is 0. The Hall–Kier alpha value is -2.76. The van der Waals surface area contributed by atoms with Crippen molar-refractivity contribution in [2.75, 3.05) is 11.9 Å².